The number of aromatic nitrogens is 10. The van der Waals surface area contributed by atoms with E-state index >= 15 is 0 Å². The molecule has 0 fully saturated rings. The second-order valence-corrected chi connectivity index (χ2v) is 15.2. The Kier molecular flexibility index (Phi) is 9.60. The SMILES string of the molecule is C=N/C=C(\C(=C(/C)n1c2cc(-c3ncccn3)ccc2c2ccc(-c3ncccn3)cc21)c1ccccc1C#N)n1c2cc(-c3ncccn3)ccc2c2ccc(-c3ncccn3)cc21. The predicted molar refractivity (Wildman–Crippen MR) is 257 cm³/mol. The Morgan fingerprint density at radius 1 is 0.492 bits per heavy atom. The summed E-state index contributed by atoms with van der Waals surface area (Å²) in [6.07, 6.45) is 15.7. The van der Waals surface area contributed by atoms with Gasteiger partial charge in [-0.05, 0) is 68.2 Å². The highest BCUT2D eigenvalue weighted by Crippen LogP contribution is 2.44. The molecule has 11 rings (SSSR count). The normalized spacial score (nSPS) is 12.2. The van der Waals surface area contributed by atoms with Crippen molar-refractivity contribution in [2.24, 2.45) is 4.99 Å². The van der Waals surface area contributed by atoms with E-state index in [2.05, 4.69) is 122 Å². The molecule has 0 unspecified atom stereocenters. The number of nitrogens with zero attached hydrogens (tertiary/aromatic N) is 12. The second-order valence-electron chi connectivity index (χ2n) is 15.2. The highest BCUT2D eigenvalue weighted by Gasteiger charge is 2.26. The lowest BCUT2D eigenvalue weighted by atomic mass is 9.95. The lowest BCUT2D eigenvalue weighted by molar-refractivity contribution is 1.16. The Labute approximate surface area is 372 Å². The second kappa shape index (κ2) is 16.2. The molecular formula is C53H34N12. The molecule has 0 aliphatic carbocycles. The molecule has 12 heteroatoms. The third kappa shape index (κ3) is 6.68. The fourth-order valence-corrected chi connectivity index (χ4v) is 8.76. The van der Waals surface area contributed by atoms with Crippen molar-refractivity contribution >= 4 is 67.3 Å². The molecule has 6 aromatic heterocycles. The quantitative estimate of drug-likeness (QED) is 0.102. The van der Waals surface area contributed by atoms with Crippen LogP contribution >= 0.6 is 0 Å². The largest absolute Gasteiger partial charge is 0.313 e. The van der Waals surface area contributed by atoms with Gasteiger partial charge in [0.25, 0.3) is 0 Å². The molecule has 0 aliphatic rings. The van der Waals surface area contributed by atoms with Crippen molar-refractivity contribution in [1.29, 1.82) is 5.26 Å². The molecule has 0 aliphatic heterocycles. The molecule has 0 saturated heterocycles. The summed E-state index contributed by atoms with van der Waals surface area (Å²) in [4.78, 5) is 41.4. The summed E-state index contributed by atoms with van der Waals surface area (Å²) in [6, 6.07) is 42.4. The van der Waals surface area contributed by atoms with E-state index in [0.29, 0.717) is 40.1 Å². The minimum atomic E-state index is 0.479. The molecule has 12 nitrogen and oxygen atoms in total. The lowest BCUT2D eigenvalue weighted by Gasteiger charge is -2.22. The van der Waals surface area contributed by atoms with E-state index in [0.717, 1.165) is 77.1 Å². The van der Waals surface area contributed by atoms with Crippen LogP contribution in [0, 0.1) is 11.3 Å². The van der Waals surface area contributed by atoms with Crippen molar-refractivity contribution in [3.63, 3.8) is 0 Å². The Morgan fingerprint density at radius 3 is 1.20 bits per heavy atom. The van der Waals surface area contributed by atoms with Gasteiger partial charge < -0.3 is 9.13 Å². The van der Waals surface area contributed by atoms with Crippen LogP contribution in [-0.2, 0) is 0 Å². The zero-order valence-electron chi connectivity index (χ0n) is 34.8. The van der Waals surface area contributed by atoms with Gasteiger partial charge in [-0.3, -0.25) is 4.99 Å². The average Bonchev–Trinajstić information content (AvgIpc) is 3.88. The van der Waals surface area contributed by atoms with E-state index in [1.807, 2.05) is 48.5 Å². The third-order valence-corrected chi connectivity index (χ3v) is 11.6. The van der Waals surface area contributed by atoms with Gasteiger partial charge in [-0.2, -0.15) is 5.26 Å². The topological polar surface area (TPSA) is 149 Å². The van der Waals surface area contributed by atoms with E-state index in [4.69, 9.17) is 0 Å². The number of nitriles is 1. The first kappa shape index (κ1) is 38.6. The maximum absolute atomic E-state index is 10.9. The van der Waals surface area contributed by atoms with Gasteiger partial charge in [0.15, 0.2) is 23.3 Å². The van der Waals surface area contributed by atoms with Gasteiger partial charge in [0, 0.05) is 110 Å². The smallest absolute Gasteiger partial charge is 0.159 e. The number of fused-ring (bicyclic) bond motifs is 6. The number of allylic oxidation sites excluding steroid dienone is 3. The number of aliphatic imine (C=N–C) groups is 1. The lowest BCUT2D eigenvalue weighted by Crippen LogP contribution is -2.07. The minimum absolute atomic E-state index is 0.479. The monoisotopic (exact) mass is 838 g/mol. The van der Waals surface area contributed by atoms with Crippen LogP contribution in [0.15, 0.2) is 182 Å². The van der Waals surface area contributed by atoms with Gasteiger partial charge in [0.05, 0.1) is 45.6 Å². The van der Waals surface area contributed by atoms with E-state index in [-0.39, 0.29) is 0 Å². The van der Waals surface area contributed by atoms with E-state index in [9.17, 15) is 5.26 Å². The number of rotatable bonds is 9. The summed E-state index contributed by atoms with van der Waals surface area (Å²) in [5.74, 6) is 2.36. The summed E-state index contributed by atoms with van der Waals surface area (Å²) in [5, 5.41) is 14.9. The highest BCUT2D eigenvalue weighted by molar-refractivity contribution is 6.20. The minimum Gasteiger partial charge on any atom is -0.313 e. The molecule has 0 atom stereocenters. The maximum Gasteiger partial charge on any atom is 0.159 e. The van der Waals surface area contributed by atoms with Crippen molar-refractivity contribution in [3.05, 3.63) is 188 Å². The number of hydrogen-bond acceptors (Lipinski definition) is 10. The fourth-order valence-electron chi connectivity index (χ4n) is 8.76. The molecule has 5 aromatic carbocycles. The highest BCUT2D eigenvalue weighted by atomic mass is 15.0. The molecule has 0 N–H and O–H groups in total. The molecule has 0 amide bonds. The van der Waals surface area contributed by atoms with Crippen molar-refractivity contribution in [3.8, 4) is 51.6 Å². The van der Waals surface area contributed by atoms with Gasteiger partial charge in [-0.1, -0.05) is 66.7 Å². The Bertz CT molecular complexity index is 3540. The first-order valence-corrected chi connectivity index (χ1v) is 20.7. The number of benzene rings is 5. The van der Waals surface area contributed by atoms with Crippen LogP contribution in [0.1, 0.15) is 18.1 Å². The molecule has 0 saturated carbocycles. The van der Waals surface area contributed by atoms with Gasteiger partial charge in [-0.15, -0.1) is 0 Å². The first-order valence-electron chi connectivity index (χ1n) is 20.7. The maximum atomic E-state index is 10.9. The van der Waals surface area contributed by atoms with Crippen LogP contribution in [0.3, 0.4) is 0 Å². The molecule has 0 spiro atoms. The Morgan fingerprint density at radius 2 is 0.846 bits per heavy atom. The van der Waals surface area contributed by atoms with Crippen molar-refractivity contribution in [1.82, 2.24) is 49.0 Å². The number of hydrogen-bond donors (Lipinski definition) is 0. The predicted octanol–water partition coefficient (Wildman–Crippen LogP) is 11.2. The molecule has 306 valence electrons. The third-order valence-electron chi connectivity index (χ3n) is 11.6. The summed E-state index contributed by atoms with van der Waals surface area (Å²) in [5.41, 5.74) is 10.3. The zero-order chi connectivity index (χ0) is 43.9. The van der Waals surface area contributed by atoms with Crippen LogP contribution < -0.4 is 0 Å². The summed E-state index contributed by atoms with van der Waals surface area (Å²) < 4.78 is 4.43. The van der Waals surface area contributed by atoms with Crippen LogP contribution in [0.4, 0.5) is 0 Å². The zero-order valence-corrected chi connectivity index (χ0v) is 34.8. The Balaban J connectivity index is 1.29. The standard InChI is InChI=1S/C53H34N12/c1-33(64-44-27-34(50-56-19-5-20-57-50)11-15-40(44)41-16-12-35(28-45(41)64)51-58-21-6-22-59-51)49(39-10-4-3-9-38(39)31-54)48(32-55-2)65-46-29-36(52-60-23-7-24-61-52)13-17-42(46)43-18-14-37(30-47(43)65)53-62-25-8-26-63-53/h3-30,32H,2H2,1H3/b48-32+,49-33+. The fraction of sp³-hybridized carbons (Fsp3) is 0.0189. The van der Waals surface area contributed by atoms with Crippen LogP contribution in [0.25, 0.3) is 106 Å². The van der Waals surface area contributed by atoms with E-state index in [1.54, 1.807) is 80.0 Å². The molecule has 6 heterocycles. The van der Waals surface area contributed by atoms with Gasteiger partial charge >= 0.3 is 0 Å². The molecule has 65 heavy (non-hydrogen) atoms. The van der Waals surface area contributed by atoms with Crippen molar-refractivity contribution in [2.45, 2.75) is 6.92 Å². The summed E-state index contributed by atoms with van der Waals surface area (Å²) in [6.45, 7) is 6.11. The average molecular weight is 839 g/mol. The molecule has 0 radical (unpaired) electrons. The van der Waals surface area contributed by atoms with Gasteiger partial charge in [-0.25, -0.2) is 39.9 Å². The molecule has 11 aromatic rings. The van der Waals surface area contributed by atoms with Crippen LogP contribution in [0.5, 0.6) is 0 Å². The van der Waals surface area contributed by atoms with Gasteiger partial charge in [0.2, 0.25) is 0 Å². The van der Waals surface area contributed by atoms with Crippen molar-refractivity contribution in [2.75, 3.05) is 0 Å². The van der Waals surface area contributed by atoms with Crippen molar-refractivity contribution < 1.29 is 0 Å². The van der Waals surface area contributed by atoms with E-state index < -0.39 is 0 Å². The van der Waals surface area contributed by atoms with Crippen LogP contribution in [0.2, 0.25) is 0 Å². The Hall–Kier alpha value is -9.34. The molecule has 0 bridgehead atoms. The molecular weight excluding hydrogens is 805 g/mol. The summed E-state index contributed by atoms with van der Waals surface area (Å²) in [7, 11) is 0. The first-order chi connectivity index (χ1) is 32.1. The van der Waals surface area contributed by atoms with Crippen LogP contribution in [-0.4, -0.2) is 55.7 Å². The summed E-state index contributed by atoms with van der Waals surface area (Å²) >= 11 is 0. The van der Waals surface area contributed by atoms with E-state index in [1.165, 1.54) is 0 Å². The van der Waals surface area contributed by atoms with Gasteiger partial charge in [0.1, 0.15) is 0 Å².